The predicted molar refractivity (Wildman–Crippen MR) is 104 cm³/mol. The first-order valence-corrected chi connectivity index (χ1v) is 9.68. The summed E-state index contributed by atoms with van der Waals surface area (Å²) in [7, 11) is 0. The molecule has 0 spiro atoms. The van der Waals surface area contributed by atoms with E-state index in [0.717, 1.165) is 23.4 Å². The molecule has 0 aliphatic carbocycles. The van der Waals surface area contributed by atoms with Gasteiger partial charge >= 0.3 is 0 Å². The molecule has 0 unspecified atom stereocenters. The highest BCUT2D eigenvalue weighted by Crippen LogP contribution is 2.29. The maximum absolute atomic E-state index is 12.2. The molecule has 1 fully saturated rings. The average molecular weight is 375 g/mol. The number of carbonyl (C=O) groups is 2. The van der Waals surface area contributed by atoms with Crippen molar-refractivity contribution in [3.05, 3.63) is 59.1 Å². The molecule has 1 saturated heterocycles. The summed E-state index contributed by atoms with van der Waals surface area (Å²) in [5.41, 5.74) is 2.60. The van der Waals surface area contributed by atoms with Crippen LogP contribution in [0.2, 0.25) is 5.02 Å². The zero-order chi connectivity index (χ0) is 17.6. The zero-order valence-electron chi connectivity index (χ0n) is 13.7. The molecule has 0 bridgehead atoms. The van der Waals surface area contributed by atoms with E-state index < -0.39 is 0 Å². The van der Waals surface area contributed by atoms with Crippen molar-refractivity contribution in [1.82, 2.24) is 0 Å². The van der Waals surface area contributed by atoms with Gasteiger partial charge in [0.1, 0.15) is 0 Å². The molecular weight excluding hydrogens is 356 g/mol. The number of para-hydroxylation sites is 2. The first kappa shape index (κ1) is 17.8. The van der Waals surface area contributed by atoms with E-state index in [4.69, 9.17) is 11.6 Å². The van der Waals surface area contributed by atoms with Gasteiger partial charge in [0.25, 0.3) is 0 Å². The van der Waals surface area contributed by atoms with Crippen LogP contribution in [-0.4, -0.2) is 24.1 Å². The van der Waals surface area contributed by atoms with Crippen molar-refractivity contribution < 1.29 is 9.59 Å². The van der Waals surface area contributed by atoms with Crippen molar-refractivity contribution in [3.8, 4) is 0 Å². The Balaban J connectivity index is 1.56. The van der Waals surface area contributed by atoms with Crippen molar-refractivity contribution >= 4 is 46.6 Å². The third-order valence-electron chi connectivity index (χ3n) is 3.96. The number of anilines is 2. The second-order valence-corrected chi connectivity index (χ2v) is 7.26. The summed E-state index contributed by atoms with van der Waals surface area (Å²) in [6.45, 7) is 0.705. The van der Waals surface area contributed by atoms with Crippen LogP contribution in [0.15, 0.2) is 48.5 Å². The number of hydrogen-bond acceptors (Lipinski definition) is 3. The Kier molecular flexibility index (Phi) is 6.00. The van der Waals surface area contributed by atoms with Crippen molar-refractivity contribution in [1.29, 1.82) is 0 Å². The van der Waals surface area contributed by atoms with Gasteiger partial charge in [0.2, 0.25) is 11.8 Å². The fraction of sp³-hybridized carbons (Fsp3) is 0.263. The fourth-order valence-corrected chi connectivity index (χ4v) is 3.66. The lowest BCUT2D eigenvalue weighted by Crippen LogP contribution is -2.26. The molecule has 2 aromatic carbocycles. The number of benzene rings is 2. The molecule has 4 nitrogen and oxygen atoms in total. The molecule has 0 atom stereocenters. The van der Waals surface area contributed by atoms with Crippen LogP contribution >= 0.6 is 23.4 Å². The molecular formula is C19H19ClN2O2S. The Labute approximate surface area is 156 Å². The Morgan fingerprint density at radius 3 is 2.64 bits per heavy atom. The van der Waals surface area contributed by atoms with Crippen LogP contribution in [0.4, 0.5) is 11.4 Å². The highest BCUT2D eigenvalue weighted by molar-refractivity contribution is 7.99. The smallest absolute Gasteiger partial charge is 0.234 e. The number of carbonyl (C=O) groups excluding carboxylic acids is 2. The molecule has 2 amide bonds. The van der Waals surface area contributed by atoms with Crippen LogP contribution in [0.5, 0.6) is 0 Å². The Morgan fingerprint density at radius 1 is 1.16 bits per heavy atom. The minimum atomic E-state index is -0.0712. The lowest BCUT2D eigenvalue weighted by Gasteiger charge is -2.19. The summed E-state index contributed by atoms with van der Waals surface area (Å²) in [6.07, 6.45) is 1.43. The number of halogens is 1. The maximum atomic E-state index is 12.2. The van der Waals surface area contributed by atoms with Gasteiger partial charge in [0, 0.05) is 23.7 Å². The van der Waals surface area contributed by atoms with Crippen molar-refractivity contribution in [2.24, 2.45) is 0 Å². The van der Waals surface area contributed by atoms with Crippen molar-refractivity contribution in [2.75, 3.05) is 22.5 Å². The third-order valence-corrected chi connectivity index (χ3v) is 5.21. The van der Waals surface area contributed by atoms with E-state index >= 15 is 0 Å². The molecule has 1 heterocycles. The van der Waals surface area contributed by atoms with E-state index in [9.17, 15) is 9.59 Å². The number of rotatable bonds is 6. The van der Waals surface area contributed by atoms with E-state index in [1.165, 1.54) is 0 Å². The molecule has 3 rings (SSSR count). The molecule has 6 heteroatoms. The summed E-state index contributed by atoms with van der Waals surface area (Å²) in [6, 6.07) is 15.1. The van der Waals surface area contributed by atoms with Crippen molar-refractivity contribution in [2.45, 2.75) is 18.6 Å². The molecule has 2 aromatic rings. The standard InChI is InChI=1S/C19H19ClN2O2S/c20-15-9-7-14(8-10-15)12-25-13-18(23)21-16-4-1-2-5-17(16)22-11-3-6-19(22)24/h1-2,4-5,7-10H,3,6,11-13H2,(H,21,23). The van der Waals surface area contributed by atoms with E-state index in [-0.39, 0.29) is 11.8 Å². The average Bonchev–Trinajstić information content (AvgIpc) is 3.03. The molecule has 25 heavy (non-hydrogen) atoms. The van der Waals surface area contributed by atoms with Gasteiger partial charge < -0.3 is 10.2 Å². The van der Waals surface area contributed by atoms with Crippen molar-refractivity contribution in [3.63, 3.8) is 0 Å². The Hall–Kier alpha value is -1.98. The van der Waals surface area contributed by atoms with E-state index in [1.54, 1.807) is 16.7 Å². The summed E-state index contributed by atoms with van der Waals surface area (Å²) in [5.74, 6) is 1.14. The van der Waals surface area contributed by atoms with Gasteiger partial charge in [-0.15, -0.1) is 11.8 Å². The van der Waals surface area contributed by atoms with Gasteiger partial charge in [-0.3, -0.25) is 9.59 Å². The topological polar surface area (TPSA) is 49.4 Å². The zero-order valence-corrected chi connectivity index (χ0v) is 15.3. The molecule has 1 aliphatic rings. The number of nitrogens with zero attached hydrogens (tertiary/aromatic N) is 1. The molecule has 0 aromatic heterocycles. The third kappa shape index (κ3) is 4.77. The lowest BCUT2D eigenvalue weighted by atomic mass is 10.2. The summed E-state index contributed by atoms with van der Waals surface area (Å²) in [4.78, 5) is 26.0. The minimum absolute atomic E-state index is 0.0712. The van der Waals surface area contributed by atoms with Crippen LogP contribution in [0.25, 0.3) is 0 Å². The van der Waals surface area contributed by atoms with E-state index in [2.05, 4.69) is 5.32 Å². The van der Waals surface area contributed by atoms with Gasteiger partial charge in [0.05, 0.1) is 17.1 Å². The summed E-state index contributed by atoms with van der Waals surface area (Å²) >= 11 is 7.41. The van der Waals surface area contributed by atoms with Gasteiger partial charge in [-0.1, -0.05) is 35.9 Å². The molecule has 1 aliphatic heterocycles. The minimum Gasteiger partial charge on any atom is -0.324 e. The van der Waals surface area contributed by atoms with Gasteiger partial charge in [-0.25, -0.2) is 0 Å². The predicted octanol–water partition coefficient (Wildman–Crippen LogP) is 4.34. The van der Waals surface area contributed by atoms with Gasteiger partial charge in [-0.2, -0.15) is 0 Å². The second-order valence-electron chi connectivity index (χ2n) is 5.83. The molecule has 0 radical (unpaired) electrons. The highest BCUT2D eigenvalue weighted by atomic mass is 35.5. The fourth-order valence-electron chi connectivity index (χ4n) is 2.75. The maximum Gasteiger partial charge on any atom is 0.234 e. The SMILES string of the molecule is O=C(CSCc1ccc(Cl)cc1)Nc1ccccc1N1CCCC1=O. The van der Waals surface area contributed by atoms with E-state index in [1.807, 2.05) is 48.5 Å². The lowest BCUT2D eigenvalue weighted by molar-refractivity contribution is -0.117. The summed E-state index contributed by atoms with van der Waals surface area (Å²) in [5, 5.41) is 3.64. The van der Waals surface area contributed by atoms with E-state index in [0.29, 0.717) is 29.4 Å². The van der Waals surface area contributed by atoms with Crippen LogP contribution in [-0.2, 0) is 15.3 Å². The number of hydrogen-bond donors (Lipinski definition) is 1. The monoisotopic (exact) mass is 374 g/mol. The summed E-state index contributed by atoms with van der Waals surface area (Å²) < 4.78 is 0. The highest BCUT2D eigenvalue weighted by Gasteiger charge is 2.24. The molecule has 0 saturated carbocycles. The normalized spacial score (nSPS) is 14.0. The van der Waals surface area contributed by atoms with Crippen LogP contribution < -0.4 is 10.2 Å². The number of amides is 2. The van der Waals surface area contributed by atoms with Crippen LogP contribution in [0.3, 0.4) is 0 Å². The van der Waals surface area contributed by atoms with Gasteiger partial charge in [-0.05, 0) is 36.2 Å². The molecule has 130 valence electrons. The second kappa shape index (κ2) is 8.41. The number of thioether (sulfide) groups is 1. The first-order valence-electron chi connectivity index (χ1n) is 8.15. The Morgan fingerprint density at radius 2 is 1.92 bits per heavy atom. The molecule has 1 N–H and O–H groups in total. The van der Waals surface area contributed by atoms with Crippen LogP contribution in [0.1, 0.15) is 18.4 Å². The first-order chi connectivity index (χ1) is 12.1. The Bertz CT molecular complexity index is 764. The van der Waals surface area contributed by atoms with Crippen LogP contribution in [0, 0.1) is 0 Å². The quantitative estimate of drug-likeness (QED) is 0.818. The van der Waals surface area contributed by atoms with Gasteiger partial charge in [0.15, 0.2) is 0 Å². The number of nitrogens with one attached hydrogen (secondary N) is 1. The largest absolute Gasteiger partial charge is 0.324 e.